The molecule has 1 saturated carbocycles. The van der Waals surface area contributed by atoms with Gasteiger partial charge < -0.3 is 13.9 Å². The first kappa shape index (κ1) is 22.5. The molecule has 2 aromatic heterocycles. The number of rotatable bonds is 7. The lowest BCUT2D eigenvalue weighted by Crippen LogP contribution is -2.28. The number of oxazole rings is 1. The van der Waals surface area contributed by atoms with Crippen molar-refractivity contribution in [1.29, 1.82) is 0 Å². The van der Waals surface area contributed by atoms with Crippen LogP contribution in [0.1, 0.15) is 35.2 Å². The minimum atomic E-state index is -4.29. The Morgan fingerprint density at radius 3 is 2.76 bits per heavy atom. The second-order valence-corrected chi connectivity index (χ2v) is 10.2. The molecular formula is C23H26F3N5OS. The van der Waals surface area contributed by atoms with E-state index in [1.807, 2.05) is 25.5 Å². The minimum Gasteiger partial charge on any atom is -0.440 e. The van der Waals surface area contributed by atoms with Crippen molar-refractivity contribution in [3.05, 3.63) is 47.0 Å². The number of thioether (sulfide) groups is 1. The molecule has 0 radical (unpaired) electrons. The molecule has 0 unspecified atom stereocenters. The molecule has 0 bridgehead atoms. The molecule has 176 valence electrons. The Morgan fingerprint density at radius 2 is 2.06 bits per heavy atom. The fraction of sp³-hybridized carbons (Fsp3) is 0.522. The summed E-state index contributed by atoms with van der Waals surface area (Å²) >= 11 is 1.66. The van der Waals surface area contributed by atoms with E-state index >= 15 is 0 Å². The quantitative estimate of drug-likeness (QED) is 0.358. The highest BCUT2D eigenvalue weighted by atomic mass is 32.2. The van der Waals surface area contributed by atoms with Crippen molar-refractivity contribution < 1.29 is 17.6 Å². The van der Waals surface area contributed by atoms with E-state index in [1.54, 1.807) is 17.8 Å². The summed E-state index contributed by atoms with van der Waals surface area (Å²) in [5, 5.41) is 9.36. The Bertz CT molecular complexity index is 1170. The van der Waals surface area contributed by atoms with Gasteiger partial charge in [-0.05, 0) is 62.4 Å². The van der Waals surface area contributed by atoms with Gasteiger partial charge in [-0.15, -0.1) is 10.2 Å². The molecule has 6 nitrogen and oxygen atoms in total. The first-order valence-electron chi connectivity index (χ1n) is 11.0. The second-order valence-electron chi connectivity index (χ2n) is 9.15. The van der Waals surface area contributed by atoms with E-state index in [0.717, 1.165) is 60.2 Å². The fourth-order valence-corrected chi connectivity index (χ4v) is 6.01. The van der Waals surface area contributed by atoms with Crippen molar-refractivity contribution >= 4 is 11.8 Å². The van der Waals surface area contributed by atoms with Crippen LogP contribution in [0.3, 0.4) is 0 Å². The average molecular weight is 478 g/mol. The van der Waals surface area contributed by atoms with Crippen LogP contribution in [0.5, 0.6) is 0 Å². The van der Waals surface area contributed by atoms with Crippen LogP contribution in [0.4, 0.5) is 13.2 Å². The molecule has 1 saturated heterocycles. The van der Waals surface area contributed by atoms with E-state index in [2.05, 4.69) is 20.1 Å². The Hall–Kier alpha value is -2.33. The molecule has 3 aromatic rings. The molecule has 0 amide bonds. The number of piperidine rings is 1. The zero-order valence-corrected chi connectivity index (χ0v) is 19.6. The van der Waals surface area contributed by atoms with Crippen LogP contribution >= 0.6 is 11.8 Å². The van der Waals surface area contributed by atoms with Crippen molar-refractivity contribution in [3.8, 4) is 11.6 Å². The van der Waals surface area contributed by atoms with Crippen LogP contribution < -0.4 is 0 Å². The maximum Gasteiger partial charge on any atom is 0.416 e. The predicted octanol–water partition coefficient (Wildman–Crippen LogP) is 4.86. The van der Waals surface area contributed by atoms with Crippen LogP contribution in [0.25, 0.3) is 11.6 Å². The summed E-state index contributed by atoms with van der Waals surface area (Å²) in [4.78, 5) is 6.56. The van der Waals surface area contributed by atoms with Gasteiger partial charge in [0.1, 0.15) is 0 Å². The van der Waals surface area contributed by atoms with Gasteiger partial charge in [0.05, 0.1) is 11.3 Å². The summed E-state index contributed by atoms with van der Waals surface area (Å²) in [6.07, 6.45) is -0.803. The highest BCUT2D eigenvalue weighted by molar-refractivity contribution is 7.99. The van der Waals surface area contributed by atoms with Crippen LogP contribution in [0, 0.1) is 19.8 Å². The Balaban J connectivity index is 1.15. The molecule has 5 rings (SSSR count). The molecule has 3 heterocycles. The molecule has 1 aliphatic heterocycles. The minimum absolute atomic E-state index is 0.0365. The molecule has 2 aliphatic rings. The number of alkyl halides is 3. The molecule has 33 heavy (non-hydrogen) atoms. The first-order valence-corrected chi connectivity index (χ1v) is 12.0. The monoisotopic (exact) mass is 477 g/mol. The van der Waals surface area contributed by atoms with E-state index < -0.39 is 11.7 Å². The number of aryl methyl sites for hydroxylation is 2. The van der Waals surface area contributed by atoms with Crippen molar-refractivity contribution in [2.24, 2.45) is 13.0 Å². The number of hydrogen-bond acceptors (Lipinski definition) is 6. The van der Waals surface area contributed by atoms with Gasteiger partial charge in [-0.25, -0.2) is 4.98 Å². The van der Waals surface area contributed by atoms with Crippen molar-refractivity contribution in [1.82, 2.24) is 24.6 Å². The van der Waals surface area contributed by atoms with Crippen LogP contribution in [0.15, 0.2) is 34.2 Å². The number of hydrogen-bond donors (Lipinski definition) is 0. The maximum absolute atomic E-state index is 13.0. The summed E-state index contributed by atoms with van der Waals surface area (Å²) in [6.45, 7) is 6.59. The summed E-state index contributed by atoms with van der Waals surface area (Å²) in [5.74, 6) is 2.76. The number of likely N-dealkylation sites (tertiary alicyclic amines) is 1. The van der Waals surface area contributed by atoms with E-state index in [0.29, 0.717) is 17.5 Å². The number of benzene rings is 1. The van der Waals surface area contributed by atoms with Crippen LogP contribution in [-0.4, -0.2) is 50.0 Å². The number of fused-ring (bicyclic) bond motifs is 1. The summed E-state index contributed by atoms with van der Waals surface area (Å²) in [6, 6.07) is 4.24. The lowest BCUT2D eigenvalue weighted by atomic mass is 9.90. The van der Waals surface area contributed by atoms with Gasteiger partial charge in [0.2, 0.25) is 5.82 Å². The Morgan fingerprint density at radius 1 is 1.24 bits per heavy atom. The largest absolute Gasteiger partial charge is 0.440 e. The van der Waals surface area contributed by atoms with E-state index in [4.69, 9.17) is 4.42 Å². The molecule has 1 aliphatic carbocycles. The molecular weight excluding hydrogens is 451 g/mol. The summed E-state index contributed by atoms with van der Waals surface area (Å²) < 4.78 is 46.4. The lowest BCUT2D eigenvalue weighted by Gasteiger charge is -2.22. The standard InChI is InChI=1S/C23H26F3N5OS/c1-14-9-16(23(24,25)26)5-6-18(14)22-10-17(22)11-31(12-22)7-4-8-33-21-29-28-20(30(21)3)19-15(2)27-13-32-19/h5-6,9,13,17H,4,7-8,10-12H2,1-3H3/t17-,22-/m0/s1. The predicted molar refractivity (Wildman–Crippen MR) is 119 cm³/mol. The molecule has 1 aromatic carbocycles. The number of nitrogens with zero attached hydrogens (tertiary/aromatic N) is 5. The van der Waals surface area contributed by atoms with Gasteiger partial charge in [0.25, 0.3) is 0 Å². The SMILES string of the molecule is Cc1cc(C(F)(F)F)ccc1[C@]12C[C@H]1CN(CCCSc1nnc(-c3ocnc3C)n1C)C2. The van der Waals surface area contributed by atoms with E-state index in [-0.39, 0.29) is 5.41 Å². The molecule has 10 heteroatoms. The Kier molecular flexibility index (Phi) is 5.55. The number of aromatic nitrogens is 4. The van der Waals surface area contributed by atoms with Crippen molar-refractivity contribution in [2.45, 2.75) is 43.4 Å². The fourth-order valence-electron chi connectivity index (χ4n) is 5.18. The van der Waals surface area contributed by atoms with Gasteiger partial charge in [-0.1, -0.05) is 17.8 Å². The zero-order chi connectivity index (χ0) is 23.4. The molecule has 2 atom stereocenters. The molecule has 0 N–H and O–H groups in total. The highest BCUT2D eigenvalue weighted by Crippen LogP contribution is 2.59. The van der Waals surface area contributed by atoms with Gasteiger partial charge in [0, 0.05) is 31.3 Å². The third-order valence-electron chi connectivity index (χ3n) is 6.94. The third kappa shape index (κ3) is 4.07. The lowest BCUT2D eigenvalue weighted by molar-refractivity contribution is -0.137. The van der Waals surface area contributed by atoms with Gasteiger partial charge >= 0.3 is 6.18 Å². The second kappa shape index (κ2) is 8.16. The maximum atomic E-state index is 13.0. The summed E-state index contributed by atoms with van der Waals surface area (Å²) in [7, 11) is 1.92. The van der Waals surface area contributed by atoms with Crippen molar-refractivity contribution in [3.63, 3.8) is 0 Å². The topological polar surface area (TPSA) is 60.0 Å². The average Bonchev–Trinajstić information content (AvgIpc) is 3.06. The first-order chi connectivity index (χ1) is 15.7. The van der Waals surface area contributed by atoms with E-state index in [9.17, 15) is 13.2 Å². The van der Waals surface area contributed by atoms with Crippen LogP contribution in [-0.2, 0) is 18.6 Å². The normalized spacial score (nSPS) is 22.7. The van der Waals surface area contributed by atoms with Gasteiger partial charge in [-0.3, -0.25) is 0 Å². The van der Waals surface area contributed by atoms with Crippen molar-refractivity contribution in [2.75, 3.05) is 25.4 Å². The molecule has 0 spiro atoms. The zero-order valence-electron chi connectivity index (χ0n) is 18.8. The molecule has 2 fully saturated rings. The van der Waals surface area contributed by atoms with Crippen LogP contribution in [0.2, 0.25) is 0 Å². The Labute approximate surface area is 194 Å². The number of halogens is 3. The summed E-state index contributed by atoms with van der Waals surface area (Å²) in [5.41, 5.74) is 2.10. The van der Waals surface area contributed by atoms with E-state index in [1.165, 1.54) is 18.5 Å². The smallest absolute Gasteiger partial charge is 0.416 e. The third-order valence-corrected chi connectivity index (χ3v) is 8.05. The van der Waals surface area contributed by atoms with Gasteiger partial charge in [0.15, 0.2) is 17.3 Å². The highest BCUT2D eigenvalue weighted by Gasteiger charge is 2.60. The van der Waals surface area contributed by atoms with Gasteiger partial charge in [-0.2, -0.15) is 13.2 Å².